The van der Waals surface area contributed by atoms with Crippen LogP contribution in [0.25, 0.3) is 17.8 Å². The lowest BCUT2D eigenvalue weighted by Gasteiger charge is -2.11. The molecular weight excluding hydrogens is 1540 g/mol. The summed E-state index contributed by atoms with van der Waals surface area (Å²) < 4.78 is 192. The second-order valence-electron chi connectivity index (χ2n) is 19.5. The Balaban J connectivity index is 0.00000122. The molecule has 0 aliphatic carbocycles. The lowest BCUT2D eigenvalue weighted by Crippen LogP contribution is -2.09. The minimum atomic E-state index is -4.46. The Morgan fingerprint density at radius 1 is 0.486 bits per heavy atom. The van der Waals surface area contributed by atoms with Gasteiger partial charge in [0, 0.05) is 72.6 Å². The van der Waals surface area contributed by atoms with Gasteiger partial charge in [0.25, 0.3) is 17.8 Å². The second kappa shape index (κ2) is 43.6. The molecule has 0 radical (unpaired) electrons. The van der Waals surface area contributed by atoms with E-state index in [4.69, 9.17) is 44.6 Å². The van der Waals surface area contributed by atoms with Crippen LogP contribution in [0.5, 0.6) is 17.4 Å². The average Bonchev–Trinajstić information content (AvgIpc) is 1.79. The highest BCUT2D eigenvalue weighted by molar-refractivity contribution is 7.98. The maximum atomic E-state index is 12.8. The Bertz CT molecular complexity index is 4290. The van der Waals surface area contributed by atoms with Crippen LogP contribution in [0.4, 0.5) is 65.9 Å². The number of nitrogens with one attached hydrogen (secondary N) is 1. The zero-order chi connectivity index (χ0) is 75.8. The Hall–Kier alpha value is -8.85. The molecule has 20 nitrogen and oxygen atoms in total. The first-order valence-electron chi connectivity index (χ1n) is 27.9. The van der Waals surface area contributed by atoms with Gasteiger partial charge in [0.15, 0.2) is 11.4 Å². The fourth-order valence-corrected chi connectivity index (χ4v) is 8.55. The summed E-state index contributed by atoms with van der Waals surface area (Å²) in [5.74, 6) is 0.394. The number of aromatic hydroxyl groups is 1. The van der Waals surface area contributed by atoms with E-state index >= 15 is 0 Å². The van der Waals surface area contributed by atoms with Gasteiger partial charge in [0.05, 0.1) is 16.8 Å². The van der Waals surface area contributed by atoms with Crippen molar-refractivity contribution in [3.63, 3.8) is 0 Å². The largest absolute Gasteiger partial charge is 0.508 e. The molecule has 0 amide bonds. The molecule has 0 aliphatic rings. The number of H-pyrrole nitrogens is 1. The van der Waals surface area contributed by atoms with Gasteiger partial charge in [-0.1, -0.05) is 60.4 Å². The number of halogens is 18. The fraction of sp³-hybridized carbons (Fsp3) is 0.312. The third kappa shape index (κ3) is 31.4. The third-order valence-corrected chi connectivity index (χ3v) is 14.2. The molecule has 0 fully saturated rings. The van der Waals surface area contributed by atoms with E-state index in [0.717, 1.165) is 96.7 Å². The standard InChI is InChI=1S/C16H13F3N4O.C11H11F3N4.C10H9F3N4S.C7H5F3O.C6H7ClN2S.C5H4Cl2N2.C4H3F3N2.CH4S.4CH4/c1-10-9-20-15(23-7-6-11(2)22-23)21-14(10)24-13-5-3-4-12(8-13)16(17,18)19;1-3-8-7(2)6-15-10(16-8)18-5-4-9(17-18)11(12,13)14;1-6-5-14-9(15-8(6)18-2)17-4-3-7(16-17)10(11,12)13;8-7(9,10)5-2-1-3-6(11)4-5;1-4-3-8-6(7)9-5(4)10-2;1-3-2-8-5(7)9-4(3)6;5-4(6,7)3-1-2-8-9-3;1-2;;;;/h3-9H,1-2H3;4-6H,3H2,1-2H3;3-5H,1-2H3;1-4,11H;3H,1-2H3;2H,1H3;1-2H,(H,8,9);2H,1H3;4*1H4. The molecule has 11 rings (SSSR count). The van der Waals surface area contributed by atoms with Gasteiger partial charge >= 0.3 is 30.9 Å². The molecule has 574 valence electrons. The maximum Gasteiger partial charge on any atom is 0.435 e. The quantitative estimate of drug-likeness (QED) is 0.0421. The van der Waals surface area contributed by atoms with Crippen molar-refractivity contribution in [3.05, 3.63) is 212 Å². The fourth-order valence-electron chi connectivity index (χ4n) is 6.96. The van der Waals surface area contributed by atoms with Crippen LogP contribution in [0.2, 0.25) is 15.7 Å². The van der Waals surface area contributed by atoms with E-state index in [-0.39, 0.29) is 70.2 Å². The minimum absolute atomic E-state index is 0. The summed E-state index contributed by atoms with van der Waals surface area (Å²) in [4.78, 5) is 39.9. The van der Waals surface area contributed by atoms with E-state index in [2.05, 4.69) is 82.9 Å². The van der Waals surface area contributed by atoms with Crippen LogP contribution < -0.4 is 4.74 Å². The SMILES string of the molecule is C.C.C.C.CCc1nc(-n2ccc(C(F)(F)F)n2)ncc1C.CS.CSc1nc(-n2ccc(C(F)(F)F)n2)ncc1C.CSc1nc(Cl)ncc1C.Cc1ccn(-c2ncc(C)c(Oc3cccc(C(F)(F)F)c3)n2)n1.Cc1cnc(Cl)nc1Cl.FC(F)(F)c1ccn[nH]1.Oc1cccc(C(F)(F)F)c1. The monoisotopic (exact) mass is 1610 g/mol. The van der Waals surface area contributed by atoms with E-state index in [1.54, 1.807) is 67.1 Å². The molecule has 11 aromatic rings. The van der Waals surface area contributed by atoms with Crippen molar-refractivity contribution in [3.8, 4) is 35.2 Å². The van der Waals surface area contributed by atoms with E-state index < -0.39 is 59.1 Å². The van der Waals surface area contributed by atoms with Crippen LogP contribution in [0.1, 0.15) is 104 Å². The lowest BCUT2D eigenvalue weighted by atomic mass is 10.2. The van der Waals surface area contributed by atoms with Gasteiger partial charge in [0.1, 0.15) is 32.4 Å². The summed E-state index contributed by atoms with van der Waals surface area (Å²) in [6, 6.07) is 13.0. The van der Waals surface area contributed by atoms with Crippen molar-refractivity contribution in [1.82, 2.24) is 89.4 Å². The van der Waals surface area contributed by atoms with Crippen LogP contribution in [-0.2, 0) is 37.3 Å². The smallest absolute Gasteiger partial charge is 0.435 e. The molecule has 0 unspecified atom stereocenters. The zero-order valence-electron chi connectivity index (χ0n) is 53.9. The lowest BCUT2D eigenvalue weighted by molar-refractivity contribution is -0.142. The van der Waals surface area contributed by atoms with Gasteiger partial charge in [-0.3, -0.25) is 5.10 Å². The Kier molecular flexibility index (Phi) is 39.9. The van der Waals surface area contributed by atoms with Gasteiger partial charge in [-0.15, -0.1) is 23.5 Å². The number of nitrogens with zero attached hydrogens (tertiary/aromatic N) is 17. The van der Waals surface area contributed by atoms with Gasteiger partial charge in [0.2, 0.25) is 16.4 Å². The Morgan fingerprint density at radius 2 is 0.924 bits per heavy atom. The van der Waals surface area contributed by atoms with Gasteiger partial charge < -0.3 is 9.84 Å². The van der Waals surface area contributed by atoms with E-state index in [0.29, 0.717) is 33.5 Å². The van der Waals surface area contributed by atoms with Crippen molar-refractivity contribution in [1.29, 1.82) is 0 Å². The van der Waals surface area contributed by atoms with Crippen LogP contribution in [0.15, 0.2) is 139 Å². The number of aromatic amines is 1. The number of thiol groups is 1. The van der Waals surface area contributed by atoms with Crippen molar-refractivity contribution in [2.24, 2.45) is 0 Å². The van der Waals surface area contributed by atoms with E-state index in [9.17, 15) is 65.9 Å². The first-order valence-corrected chi connectivity index (χ1v) is 32.4. The van der Waals surface area contributed by atoms with Crippen molar-refractivity contribution in [2.75, 3.05) is 18.8 Å². The number of aromatic nitrogens is 18. The summed E-state index contributed by atoms with van der Waals surface area (Å²) in [7, 11) is 0. The van der Waals surface area contributed by atoms with Crippen LogP contribution in [-0.4, -0.2) is 113 Å². The summed E-state index contributed by atoms with van der Waals surface area (Å²) in [6.45, 7) is 12.9. The molecule has 0 bridgehead atoms. The van der Waals surface area contributed by atoms with Crippen molar-refractivity contribution in [2.45, 2.75) is 126 Å². The highest BCUT2D eigenvalue weighted by Crippen LogP contribution is 2.35. The predicted octanol–water partition coefficient (Wildman–Crippen LogP) is 20.5. The number of ether oxygens (including phenoxy) is 1. The molecular formula is C64H72Cl3F15N18O2S3. The molecule has 9 aromatic heterocycles. The van der Waals surface area contributed by atoms with Crippen molar-refractivity contribution < 1.29 is 75.7 Å². The second-order valence-corrected chi connectivity index (χ2v) is 22.1. The first kappa shape index (κ1) is 96.1. The molecule has 2 N–H and O–H groups in total. The van der Waals surface area contributed by atoms with Crippen LogP contribution in [0.3, 0.4) is 0 Å². The molecule has 0 saturated heterocycles. The normalized spacial score (nSPS) is 10.8. The topological polar surface area (TPSA) is 240 Å². The molecule has 0 aliphatic heterocycles. The summed E-state index contributed by atoms with van der Waals surface area (Å²) in [6.07, 6.45) is -2.72. The molecule has 2 aromatic carbocycles. The average molecular weight is 1610 g/mol. The van der Waals surface area contributed by atoms with Crippen LogP contribution >= 0.6 is 71.0 Å². The van der Waals surface area contributed by atoms with Gasteiger partial charge in [-0.2, -0.15) is 104 Å². The Labute approximate surface area is 623 Å². The molecule has 105 heavy (non-hydrogen) atoms. The first-order chi connectivity index (χ1) is 47.2. The highest BCUT2D eigenvalue weighted by atomic mass is 35.5. The van der Waals surface area contributed by atoms with Gasteiger partial charge in [-0.05, 0) is 167 Å². The van der Waals surface area contributed by atoms with Gasteiger partial charge in [-0.25, -0.2) is 58.9 Å². The molecule has 41 heteroatoms. The number of thioether (sulfide) groups is 2. The molecule has 0 saturated carbocycles. The summed E-state index contributed by atoms with van der Waals surface area (Å²) in [5.41, 5.74) is 1.51. The predicted molar refractivity (Wildman–Crippen MR) is 378 cm³/mol. The Morgan fingerprint density at radius 3 is 1.32 bits per heavy atom. The number of phenols is 1. The van der Waals surface area contributed by atoms with E-state index in [1.165, 1.54) is 53.2 Å². The number of hydrogen-bond acceptors (Lipinski definition) is 19. The molecule has 0 atom stereocenters. The number of rotatable bonds is 8. The zero-order valence-corrected chi connectivity index (χ0v) is 58.7. The number of phenolic OH excluding ortho intramolecular Hbond substituents is 1. The van der Waals surface area contributed by atoms with E-state index in [1.807, 2.05) is 54.1 Å². The highest BCUT2D eigenvalue weighted by Gasteiger charge is 2.36. The number of aryl methyl sites for hydroxylation is 7. The molecule has 0 spiro atoms. The van der Waals surface area contributed by atoms with Crippen molar-refractivity contribution >= 4 is 71.0 Å². The molecule has 9 heterocycles. The number of hydrogen-bond donors (Lipinski definition) is 3. The summed E-state index contributed by atoms with van der Waals surface area (Å²) in [5, 5.41) is 27.2. The number of alkyl halides is 15. The minimum Gasteiger partial charge on any atom is -0.508 e. The third-order valence-electron chi connectivity index (χ3n) is 11.8. The number of benzene rings is 2. The maximum absolute atomic E-state index is 12.8. The van der Waals surface area contributed by atoms with Crippen LogP contribution in [0, 0.1) is 41.5 Å². The summed E-state index contributed by atoms with van der Waals surface area (Å²) >= 11 is 23.1.